The Morgan fingerprint density at radius 3 is 2.72 bits per heavy atom. The van der Waals surface area contributed by atoms with Crippen LogP contribution in [0.25, 0.3) is 5.69 Å². The fourth-order valence-electron chi connectivity index (χ4n) is 3.41. The largest absolute Gasteiger partial charge is 0.378 e. The normalized spacial score (nSPS) is 18.1. The van der Waals surface area contributed by atoms with E-state index in [1.165, 1.54) is 16.7 Å². The molecule has 2 aromatic rings. The molecule has 1 aromatic heterocycles. The summed E-state index contributed by atoms with van der Waals surface area (Å²) in [7, 11) is 0. The third-order valence-electron chi connectivity index (χ3n) is 4.92. The van der Waals surface area contributed by atoms with E-state index in [-0.39, 0.29) is 11.9 Å². The zero-order valence-corrected chi connectivity index (χ0v) is 17.3. The van der Waals surface area contributed by atoms with Crippen molar-refractivity contribution < 1.29 is 14.3 Å². The van der Waals surface area contributed by atoms with Crippen molar-refractivity contribution in [2.75, 3.05) is 44.3 Å². The number of morpholine rings is 1. The van der Waals surface area contributed by atoms with E-state index in [4.69, 9.17) is 4.74 Å². The van der Waals surface area contributed by atoms with Gasteiger partial charge >= 0.3 is 6.03 Å². The molecule has 2 aliphatic rings. The van der Waals surface area contributed by atoms with Gasteiger partial charge in [0.05, 0.1) is 24.2 Å². The number of rotatable bonds is 5. The zero-order valence-electron chi connectivity index (χ0n) is 16.5. The number of urea groups is 1. The van der Waals surface area contributed by atoms with Crippen LogP contribution in [0.4, 0.5) is 10.7 Å². The first-order valence-electron chi connectivity index (χ1n) is 9.65. The van der Waals surface area contributed by atoms with Crippen LogP contribution in [-0.4, -0.2) is 76.2 Å². The van der Waals surface area contributed by atoms with Gasteiger partial charge in [0.15, 0.2) is 5.16 Å². The highest BCUT2D eigenvalue weighted by Gasteiger charge is 2.32. The predicted molar refractivity (Wildman–Crippen MR) is 110 cm³/mol. The molecule has 0 bridgehead atoms. The van der Waals surface area contributed by atoms with Gasteiger partial charge in [-0.2, -0.15) is 0 Å². The number of aryl methyl sites for hydroxylation is 1. The number of aromatic nitrogens is 3. The third kappa shape index (κ3) is 4.08. The molecule has 29 heavy (non-hydrogen) atoms. The van der Waals surface area contributed by atoms with Gasteiger partial charge in [0.1, 0.15) is 0 Å². The second-order valence-corrected chi connectivity index (χ2v) is 8.35. The van der Waals surface area contributed by atoms with Gasteiger partial charge in [-0.25, -0.2) is 4.79 Å². The average molecular weight is 417 g/mol. The van der Waals surface area contributed by atoms with Crippen molar-refractivity contribution in [2.45, 2.75) is 24.3 Å². The molecule has 4 rings (SSSR count). The van der Waals surface area contributed by atoms with Crippen LogP contribution >= 0.6 is 11.8 Å². The number of carbonyl (C=O) groups excluding carboxylic acids is 2. The molecule has 1 N–H and O–H groups in total. The third-order valence-corrected chi connectivity index (χ3v) is 5.95. The number of imide groups is 1. The number of anilines is 1. The Bertz CT molecular complexity index is 911. The molecule has 2 fully saturated rings. The van der Waals surface area contributed by atoms with E-state index in [1.807, 2.05) is 29.7 Å². The molecular formula is C19H24N6O3S. The molecule has 3 heterocycles. The Labute approximate surface area is 173 Å². The summed E-state index contributed by atoms with van der Waals surface area (Å²) in [5, 5.41) is 11.6. The molecule has 1 unspecified atom stereocenters. The van der Waals surface area contributed by atoms with Crippen molar-refractivity contribution in [2.24, 2.45) is 0 Å². The maximum absolute atomic E-state index is 12.7. The number of nitrogens with zero attached hydrogens (tertiary/aromatic N) is 5. The van der Waals surface area contributed by atoms with Crippen LogP contribution in [0.5, 0.6) is 0 Å². The van der Waals surface area contributed by atoms with Crippen molar-refractivity contribution in [3.05, 3.63) is 29.8 Å². The van der Waals surface area contributed by atoms with E-state index in [1.54, 1.807) is 6.92 Å². The number of benzene rings is 1. The Kier molecular flexibility index (Phi) is 5.72. The topological polar surface area (TPSA) is 92.6 Å². The van der Waals surface area contributed by atoms with Gasteiger partial charge in [-0.1, -0.05) is 23.9 Å². The van der Waals surface area contributed by atoms with Crippen LogP contribution in [0.15, 0.2) is 29.4 Å². The van der Waals surface area contributed by atoms with Gasteiger partial charge in [0.25, 0.3) is 0 Å². The maximum atomic E-state index is 12.7. The van der Waals surface area contributed by atoms with Crippen molar-refractivity contribution >= 4 is 29.6 Å². The van der Waals surface area contributed by atoms with Crippen molar-refractivity contribution in [3.63, 3.8) is 0 Å². The zero-order chi connectivity index (χ0) is 20.4. The highest BCUT2D eigenvalue weighted by molar-refractivity contribution is 8.00. The molecule has 0 spiro atoms. The fourth-order valence-corrected chi connectivity index (χ4v) is 4.33. The van der Waals surface area contributed by atoms with Crippen molar-refractivity contribution in [1.29, 1.82) is 0 Å². The van der Waals surface area contributed by atoms with Gasteiger partial charge in [0, 0.05) is 26.2 Å². The van der Waals surface area contributed by atoms with Crippen molar-refractivity contribution in [3.8, 4) is 5.69 Å². The molecule has 2 aliphatic heterocycles. The summed E-state index contributed by atoms with van der Waals surface area (Å²) >= 11 is 1.31. The number of thioether (sulfide) groups is 1. The molecule has 1 atom stereocenters. The number of amides is 3. The lowest BCUT2D eigenvalue weighted by atomic mass is 10.2. The van der Waals surface area contributed by atoms with E-state index in [2.05, 4.69) is 26.5 Å². The summed E-state index contributed by atoms with van der Waals surface area (Å²) in [6, 6.07) is 7.76. The van der Waals surface area contributed by atoms with Crippen LogP contribution in [0.3, 0.4) is 0 Å². The quantitative estimate of drug-likeness (QED) is 0.738. The Hall–Kier alpha value is -2.59. The fraction of sp³-hybridized carbons (Fsp3) is 0.474. The molecule has 2 saturated heterocycles. The molecule has 0 radical (unpaired) electrons. The lowest BCUT2D eigenvalue weighted by Gasteiger charge is -2.28. The van der Waals surface area contributed by atoms with Crippen LogP contribution in [0.1, 0.15) is 12.5 Å². The first kappa shape index (κ1) is 19.7. The average Bonchev–Trinajstić information content (AvgIpc) is 3.34. The van der Waals surface area contributed by atoms with Gasteiger partial charge in [0.2, 0.25) is 11.9 Å². The number of nitrogens with one attached hydrogen (secondary N) is 1. The van der Waals surface area contributed by atoms with Gasteiger partial charge < -0.3 is 15.0 Å². The number of ether oxygens (including phenoxy) is 1. The molecular weight excluding hydrogens is 392 g/mol. The van der Waals surface area contributed by atoms with Crippen LogP contribution in [0, 0.1) is 6.92 Å². The highest BCUT2D eigenvalue weighted by Crippen LogP contribution is 2.30. The Morgan fingerprint density at radius 1 is 1.24 bits per heavy atom. The minimum Gasteiger partial charge on any atom is -0.378 e. The maximum Gasteiger partial charge on any atom is 0.324 e. The lowest BCUT2D eigenvalue weighted by Crippen LogP contribution is -2.39. The first-order chi connectivity index (χ1) is 14.0. The van der Waals surface area contributed by atoms with E-state index >= 15 is 0 Å². The minimum absolute atomic E-state index is 0.225. The molecule has 3 amide bonds. The number of carbonyl (C=O) groups is 2. The van der Waals surface area contributed by atoms with Crippen LogP contribution in [-0.2, 0) is 9.53 Å². The summed E-state index contributed by atoms with van der Waals surface area (Å²) in [6.45, 7) is 7.46. The number of hydrogen-bond acceptors (Lipinski definition) is 7. The molecule has 10 heteroatoms. The summed E-state index contributed by atoms with van der Waals surface area (Å²) < 4.78 is 7.45. The molecule has 1 aromatic carbocycles. The van der Waals surface area contributed by atoms with Gasteiger partial charge in [-0.05, 0) is 31.5 Å². The van der Waals surface area contributed by atoms with Crippen LogP contribution < -0.4 is 10.2 Å². The lowest BCUT2D eigenvalue weighted by molar-refractivity contribution is -0.126. The first-order valence-corrected chi connectivity index (χ1v) is 10.5. The second kappa shape index (κ2) is 8.42. The minimum atomic E-state index is -0.468. The number of hydrogen-bond donors (Lipinski definition) is 1. The Balaban J connectivity index is 1.64. The van der Waals surface area contributed by atoms with E-state index in [0.717, 1.165) is 30.3 Å². The molecule has 9 nitrogen and oxygen atoms in total. The van der Waals surface area contributed by atoms with Gasteiger partial charge in [-0.3, -0.25) is 14.3 Å². The van der Waals surface area contributed by atoms with E-state index in [0.29, 0.717) is 31.5 Å². The highest BCUT2D eigenvalue weighted by atomic mass is 32.2. The molecule has 0 aliphatic carbocycles. The predicted octanol–water partition coefficient (Wildman–Crippen LogP) is 1.44. The SMILES string of the molecule is Cc1cccc(-n2c(SC(C)C(=O)N3CCNC3=O)nnc2N2CCOCC2)c1. The van der Waals surface area contributed by atoms with E-state index < -0.39 is 5.25 Å². The van der Waals surface area contributed by atoms with Crippen LogP contribution in [0.2, 0.25) is 0 Å². The molecule has 154 valence electrons. The molecule has 0 saturated carbocycles. The van der Waals surface area contributed by atoms with E-state index in [9.17, 15) is 9.59 Å². The van der Waals surface area contributed by atoms with Gasteiger partial charge in [-0.15, -0.1) is 10.2 Å². The summed E-state index contributed by atoms with van der Waals surface area (Å²) in [5.74, 6) is 0.511. The standard InChI is InChI=1S/C19H24N6O3S/c1-13-4-3-5-15(12-13)25-17(23-8-10-28-11-9-23)21-22-19(25)29-14(2)16(26)24-7-6-20-18(24)27/h3-5,12,14H,6-11H2,1-2H3,(H,20,27). The monoisotopic (exact) mass is 416 g/mol. The Morgan fingerprint density at radius 2 is 2.03 bits per heavy atom. The second-order valence-electron chi connectivity index (χ2n) is 7.04. The van der Waals surface area contributed by atoms with Crippen molar-refractivity contribution in [1.82, 2.24) is 25.0 Å². The summed E-state index contributed by atoms with van der Waals surface area (Å²) in [6.07, 6.45) is 0. The smallest absolute Gasteiger partial charge is 0.324 e. The summed E-state index contributed by atoms with van der Waals surface area (Å²) in [5.41, 5.74) is 2.07. The summed E-state index contributed by atoms with van der Waals surface area (Å²) in [4.78, 5) is 28.0.